The molecule has 1 aliphatic carbocycles. The van der Waals surface area contributed by atoms with Crippen LogP contribution in [0.15, 0.2) is 36.4 Å². The number of fused-ring (bicyclic) bond motifs is 2. The number of alkyl halides is 3. The van der Waals surface area contributed by atoms with Crippen molar-refractivity contribution in [2.45, 2.75) is 63.3 Å². The maximum Gasteiger partial charge on any atom is 0.389 e. The number of aromatic nitrogens is 2. The Morgan fingerprint density at radius 1 is 1.15 bits per heavy atom. The largest absolute Gasteiger partial charge is 0.389 e. The van der Waals surface area contributed by atoms with Gasteiger partial charge in [-0.25, -0.2) is 9.78 Å². The number of rotatable bonds is 7. The van der Waals surface area contributed by atoms with E-state index < -0.39 is 12.6 Å². The molecule has 1 saturated carbocycles. The zero-order chi connectivity index (χ0) is 23.2. The fourth-order valence-corrected chi connectivity index (χ4v) is 4.79. The molecule has 1 atom stereocenters. The molecule has 5 rings (SSSR count). The Morgan fingerprint density at radius 2 is 1.94 bits per heavy atom. The SMILES string of the molecule is NCc1ccc2[nH]c(CC3c4ccccc4NC(=O)N3C3CC3)nc2c1CCCC(F)(F)F. The fourth-order valence-electron chi connectivity index (χ4n) is 4.79. The lowest BCUT2D eigenvalue weighted by molar-refractivity contribution is -0.135. The number of carbonyl (C=O) groups excluding carboxylic acids is 1. The number of carbonyl (C=O) groups is 1. The fraction of sp³-hybridized carbons (Fsp3) is 0.417. The second kappa shape index (κ2) is 8.37. The van der Waals surface area contributed by atoms with Gasteiger partial charge in [0, 0.05) is 31.1 Å². The van der Waals surface area contributed by atoms with E-state index in [2.05, 4.69) is 10.3 Å². The summed E-state index contributed by atoms with van der Waals surface area (Å²) in [6.07, 6.45) is -2.32. The Labute approximate surface area is 189 Å². The van der Waals surface area contributed by atoms with Gasteiger partial charge in [-0.05, 0) is 54.5 Å². The van der Waals surface area contributed by atoms with Crippen LogP contribution in [0.1, 0.15) is 54.2 Å². The van der Waals surface area contributed by atoms with E-state index in [1.54, 1.807) is 0 Å². The molecule has 1 aliphatic heterocycles. The molecule has 2 heterocycles. The maximum absolute atomic E-state index is 12.8. The molecule has 33 heavy (non-hydrogen) atoms. The summed E-state index contributed by atoms with van der Waals surface area (Å²) in [6, 6.07) is 11.5. The van der Waals surface area contributed by atoms with E-state index in [4.69, 9.17) is 10.7 Å². The highest BCUT2D eigenvalue weighted by Gasteiger charge is 2.42. The summed E-state index contributed by atoms with van der Waals surface area (Å²) >= 11 is 0. The number of hydrogen-bond donors (Lipinski definition) is 3. The van der Waals surface area contributed by atoms with Crippen molar-refractivity contribution in [2.75, 3.05) is 5.32 Å². The number of nitrogens with zero attached hydrogens (tertiary/aromatic N) is 2. The van der Waals surface area contributed by atoms with Crippen LogP contribution in [-0.2, 0) is 19.4 Å². The van der Waals surface area contributed by atoms with Crippen LogP contribution in [0.25, 0.3) is 11.0 Å². The Balaban J connectivity index is 1.47. The number of aromatic amines is 1. The lowest BCUT2D eigenvalue weighted by Crippen LogP contribution is -2.44. The van der Waals surface area contributed by atoms with Crippen LogP contribution in [0, 0.1) is 0 Å². The predicted molar refractivity (Wildman–Crippen MR) is 120 cm³/mol. The number of hydrogen-bond acceptors (Lipinski definition) is 3. The van der Waals surface area contributed by atoms with Crippen molar-refractivity contribution < 1.29 is 18.0 Å². The number of imidazole rings is 1. The van der Waals surface area contributed by atoms with Crippen molar-refractivity contribution >= 4 is 22.8 Å². The number of anilines is 1. The minimum absolute atomic E-state index is 0.0105. The molecule has 2 aromatic carbocycles. The molecule has 3 aromatic rings. The van der Waals surface area contributed by atoms with Crippen LogP contribution in [-0.4, -0.2) is 33.1 Å². The Morgan fingerprint density at radius 3 is 2.67 bits per heavy atom. The second-order valence-electron chi connectivity index (χ2n) is 8.83. The van der Waals surface area contributed by atoms with Gasteiger partial charge in [0.05, 0.1) is 17.1 Å². The summed E-state index contributed by atoms with van der Waals surface area (Å²) in [5.41, 5.74) is 10.7. The van der Waals surface area contributed by atoms with Crippen molar-refractivity contribution in [3.63, 3.8) is 0 Å². The van der Waals surface area contributed by atoms with Crippen molar-refractivity contribution in [3.05, 3.63) is 58.9 Å². The molecule has 0 spiro atoms. The molecular formula is C24H26F3N5O. The quantitative estimate of drug-likeness (QED) is 0.456. The number of amides is 2. The minimum Gasteiger partial charge on any atom is -0.342 e. The van der Waals surface area contributed by atoms with E-state index in [0.717, 1.165) is 40.7 Å². The Hall–Kier alpha value is -3.07. The highest BCUT2D eigenvalue weighted by molar-refractivity contribution is 5.93. The molecule has 6 nitrogen and oxygen atoms in total. The number of urea groups is 1. The summed E-state index contributed by atoms with van der Waals surface area (Å²) in [6.45, 7) is 0.241. The highest BCUT2D eigenvalue weighted by atomic mass is 19.4. The van der Waals surface area contributed by atoms with E-state index in [-0.39, 0.29) is 37.5 Å². The van der Waals surface area contributed by atoms with Crippen LogP contribution in [0.4, 0.5) is 23.7 Å². The highest BCUT2D eigenvalue weighted by Crippen LogP contribution is 2.42. The molecule has 1 aromatic heterocycles. The first kappa shape index (κ1) is 21.8. The average Bonchev–Trinajstić information content (AvgIpc) is 3.51. The van der Waals surface area contributed by atoms with E-state index in [1.807, 2.05) is 41.3 Å². The van der Waals surface area contributed by atoms with Gasteiger partial charge in [-0.1, -0.05) is 24.3 Å². The normalized spacial score (nSPS) is 18.5. The molecule has 4 N–H and O–H groups in total. The minimum atomic E-state index is -4.19. The lowest BCUT2D eigenvalue weighted by atomic mass is 9.97. The first-order chi connectivity index (χ1) is 15.8. The van der Waals surface area contributed by atoms with E-state index in [9.17, 15) is 18.0 Å². The van der Waals surface area contributed by atoms with Crippen molar-refractivity contribution in [1.29, 1.82) is 0 Å². The van der Waals surface area contributed by atoms with Gasteiger partial charge >= 0.3 is 12.2 Å². The third-order valence-electron chi connectivity index (χ3n) is 6.47. The van der Waals surface area contributed by atoms with E-state index >= 15 is 0 Å². The maximum atomic E-state index is 12.8. The van der Waals surface area contributed by atoms with Crippen molar-refractivity contribution in [3.8, 4) is 0 Å². The zero-order valence-corrected chi connectivity index (χ0v) is 18.1. The van der Waals surface area contributed by atoms with Crippen LogP contribution in [0.3, 0.4) is 0 Å². The first-order valence-corrected chi connectivity index (χ1v) is 11.3. The molecule has 9 heteroatoms. The molecule has 1 fully saturated rings. The molecule has 0 radical (unpaired) electrons. The predicted octanol–water partition coefficient (Wildman–Crippen LogP) is 5.20. The molecule has 0 bridgehead atoms. The smallest absolute Gasteiger partial charge is 0.342 e. The topological polar surface area (TPSA) is 87.0 Å². The standard InChI is InChI=1S/C24H26F3N5O/c25-24(26,27)11-3-5-16-14(13-28)7-10-19-22(16)31-21(29-19)12-20-17-4-1-2-6-18(17)30-23(33)32(20)15-8-9-15/h1-2,4,6-7,10,15,20H,3,5,8-9,11-13,28H2,(H,29,31)(H,30,33). The van der Waals surface area contributed by atoms with Gasteiger partial charge in [0.25, 0.3) is 0 Å². The molecule has 0 saturated heterocycles. The molecule has 2 amide bonds. The van der Waals surface area contributed by atoms with Crippen LogP contribution in [0.5, 0.6) is 0 Å². The van der Waals surface area contributed by atoms with Crippen LogP contribution < -0.4 is 11.1 Å². The van der Waals surface area contributed by atoms with E-state index in [0.29, 0.717) is 17.8 Å². The van der Waals surface area contributed by atoms with Gasteiger partial charge in [-0.15, -0.1) is 0 Å². The van der Waals surface area contributed by atoms with Crippen molar-refractivity contribution in [2.24, 2.45) is 5.73 Å². The van der Waals surface area contributed by atoms with Gasteiger partial charge in [-0.2, -0.15) is 13.2 Å². The molecule has 1 unspecified atom stereocenters. The number of H-pyrrole nitrogens is 1. The van der Waals surface area contributed by atoms with Gasteiger partial charge < -0.3 is 20.9 Å². The number of para-hydroxylation sites is 1. The van der Waals surface area contributed by atoms with Gasteiger partial charge in [0.2, 0.25) is 0 Å². The van der Waals surface area contributed by atoms with Gasteiger partial charge in [0.15, 0.2) is 0 Å². The van der Waals surface area contributed by atoms with Crippen LogP contribution >= 0.6 is 0 Å². The number of nitrogens with two attached hydrogens (primary N) is 1. The zero-order valence-electron chi connectivity index (χ0n) is 18.1. The van der Waals surface area contributed by atoms with E-state index in [1.165, 1.54) is 0 Å². The summed E-state index contributed by atoms with van der Waals surface area (Å²) in [5, 5.41) is 2.98. The third-order valence-corrected chi connectivity index (χ3v) is 6.47. The molecular weight excluding hydrogens is 431 g/mol. The number of halogens is 3. The third kappa shape index (κ3) is 4.42. The number of nitrogens with one attached hydrogen (secondary N) is 2. The lowest BCUT2D eigenvalue weighted by Gasteiger charge is -2.37. The Kier molecular flexibility index (Phi) is 5.52. The Bertz CT molecular complexity index is 1180. The second-order valence-corrected chi connectivity index (χ2v) is 8.83. The van der Waals surface area contributed by atoms with Crippen LogP contribution in [0.2, 0.25) is 0 Å². The first-order valence-electron chi connectivity index (χ1n) is 11.3. The average molecular weight is 458 g/mol. The molecule has 2 aliphatic rings. The van der Waals surface area contributed by atoms with Gasteiger partial charge in [0.1, 0.15) is 5.82 Å². The molecule has 174 valence electrons. The monoisotopic (exact) mass is 457 g/mol. The number of aryl methyl sites for hydroxylation is 1. The number of benzene rings is 2. The van der Waals surface area contributed by atoms with Gasteiger partial charge in [-0.3, -0.25) is 0 Å². The summed E-state index contributed by atoms with van der Waals surface area (Å²) in [7, 11) is 0. The summed E-state index contributed by atoms with van der Waals surface area (Å²) in [4.78, 5) is 22.9. The van der Waals surface area contributed by atoms with Crippen molar-refractivity contribution in [1.82, 2.24) is 14.9 Å². The summed E-state index contributed by atoms with van der Waals surface area (Å²) < 4.78 is 38.1. The summed E-state index contributed by atoms with van der Waals surface area (Å²) in [5.74, 6) is 0.705.